The maximum atomic E-state index is 12.4. The molecule has 0 aliphatic heterocycles. The lowest BCUT2D eigenvalue weighted by Crippen LogP contribution is -2.42. The first-order valence-corrected chi connectivity index (χ1v) is 10.5. The summed E-state index contributed by atoms with van der Waals surface area (Å²) in [4.78, 5) is 12.4. The number of aliphatic hydroxyl groups is 2. The first-order valence-electron chi connectivity index (χ1n) is 10.5. The molecule has 160 valence electrons. The highest BCUT2D eigenvalue weighted by molar-refractivity contribution is 6.16. The van der Waals surface area contributed by atoms with E-state index in [4.69, 9.17) is 0 Å². The van der Waals surface area contributed by atoms with Gasteiger partial charge in [0.1, 0.15) is 17.7 Å². The fourth-order valence-corrected chi connectivity index (χ4v) is 5.36. The number of fused-ring (bicyclic) bond motifs is 2. The van der Waals surface area contributed by atoms with E-state index in [0.717, 1.165) is 0 Å². The summed E-state index contributed by atoms with van der Waals surface area (Å²) in [7, 11) is 0. The summed E-state index contributed by atoms with van der Waals surface area (Å²) in [5.41, 5.74) is 2.20. The van der Waals surface area contributed by atoms with Crippen LogP contribution in [0, 0.1) is 39.9 Å². The van der Waals surface area contributed by atoms with E-state index < -0.39 is 11.4 Å². The molecule has 0 amide bonds. The highest BCUT2D eigenvalue weighted by Gasteiger charge is 2.49. The molecule has 0 aromatic heterocycles. The fraction of sp³-hybridized carbons (Fsp3) is 0.400. The van der Waals surface area contributed by atoms with Crippen LogP contribution in [0.3, 0.4) is 0 Å². The minimum absolute atomic E-state index is 0.0629. The molecule has 0 bridgehead atoms. The van der Waals surface area contributed by atoms with E-state index in [1.54, 1.807) is 30.3 Å². The van der Waals surface area contributed by atoms with Crippen LogP contribution in [0.15, 0.2) is 47.1 Å². The third-order valence-electron chi connectivity index (χ3n) is 6.89. The summed E-state index contributed by atoms with van der Waals surface area (Å²) in [6.07, 6.45) is 3.25. The molecule has 6 heteroatoms. The molecule has 0 spiro atoms. The van der Waals surface area contributed by atoms with E-state index in [2.05, 4.69) is 0 Å². The van der Waals surface area contributed by atoms with Crippen molar-refractivity contribution in [1.29, 1.82) is 10.5 Å². The standard InChI is InChI=1S/C25H26N2O4/c1-3-16(13-28)25(17(4-2)14-29)9-20-22(15(11-26)12-27)18-7-5-6-8-19(18)23(20)21(10-25)24(30)31/h5-8,10,16-17,28-29H,3-4,9,13-14H2,1-2H3,(H,30,31). The minimum Gasteiger partial charge on any atom is -0.478 e. The summed E-state index contributed by atoms with van der Waals surface area (Å²) in [6.45, 7) is 3.55. The second kappa shape index (κ2) is 8.89. The number of carboxylic acid groups (broad SMARTS) is 1. The maximum Gasteiger partial charge on any atom is 0.336 e. The predicted octanol–water partition coefficient (Wildman–Crippen LogP) is 3.69. The molecule has 2 atom stereocenters. The summed E-state index contributed by atoms with van der Waals surface area (Å²) >= 11 is 0. The molecule has 2 aliphatic carbocycles. The van der Waals surface area contributed by atoms with E-state index in [0.29, 0.717) is 47.1 Å². The van der Waals surface area contributed by atoms with Crippen LogP contribution in [-0.4, -0.2) is 34.5 Å². The Morgan fingerprint density at radius 3 is 2.06 bits per heavy atom. The molecule has 1 aromatic carbocycles. The van der Waals surface area contributed by atoms with Gasteiger partial charge in [0.25, 0.3) is 0 Å². The lowest BCUT2D eigenvalue weighted by atomic mass is 9.58. The zero-order valence-corrected chi connectivity index (χ0v) is 17.7. The van der Waals surface area contributed by atoms with Gasteiger partial charge in [0, 0.05) is 29.8 Å². The van der Waals surface area contributed by atoms with Crippen molar-refractivity contribution in [2.75, 3.05) is 13.2 Å². The Morgan fingerprint density at radius 1 is 1.06 bits per heavy atom. The Kier molecular flexibility index (Phi) is 6.45. The fourth-order valence-electron chi connectivity index (χ4n) is 5.36. The largest absolute Gasteiger partial charge is 0.478 e. The van der Waals surface area contributed by atoms with E-state index in [-0.39, 0.29) is 36.2 Å². The third-order valence-corrected chi connectivity index (χ3v) is 6.89. The maximum absolute atomic E-state index is 12.4. The van der Waals surface area contributed by atoms with Crippen molar-refractivity contribution in [2.45, 2.75) is 33.1 Å². The van der Waals surface area contributed by atoms with Crippen molar-refractivity contribution in [3.63, 3.8) is 0 Å². The van der Waals surface area contributed by atoms with Gasteiger partial charge in [0.05, 0.1) is 5.57 Å². The number of carboxylic acids is 1. The number of aliphatic carboxylic acids is 1. The normalized spacial score (nSPS) is 21.4. The first-order chi connectivity index (χ1) is 14.9. The van der Waals surface area contributed by atoms with Crippen molar-refractivity contribution < 1.29 is 20.1 Å². The Morgan fingerprint density at radius 2 is 1.61 bits per heavy atom. The molecule has 0 saturated carbocycles. The van der Waals surface area contributed by atoms with Crippen molar-refractivity contribution in [3.8, 4) is 12.1 Å². The number of carbonyl (C=O) groups is 1. The molecular weight excluding hydrogens is 392 g/mol. The Hall–Kier alpha value is -3.19. The molecule has 3 rings (SSSR count). The Labute approximate surface area is 182 Å². The number of aliphatic hydroxyl groups excluding tert-OH is 2. The van der Waals surface area contributed by atoms with Gasteiger partial charge in [0.2, 0.25) is 0 Å². The average molecular weight is 418 g/mol. The van der Waals surface area contributed by atoms with Crippen LogP contribution in [0.5, 0.6) is 0 Å². The van der Waals surface area contributed by atoms with Crippen LogP contribution in [0.4, 0.5) is 0 Å². The van der Waals surface area contributed by atoms with Gasteiger partial charge in [0.15, 0.2) is 0 Å². The smallest absolute Gasteiger partial charge is 0.336 e. The molecular formula is C25H26N2O4. The molecule has 0 saturated heterocycles. The Bertz CT molecular complexity index is 1050. The van der Waals surface area contributed by atoms with Gasteiger partial charge in [-0.1, -0.05) is 57.0 Å². The van der Waals surface area contributed by atoms with E-state index in [1.165, 1.54) is 0 Å². The molecule has 6 nitrogen and oxygen atoms in total. The lowest BCUT2D eigenvalue weighted by Gasteiger charge is -2.46. The number of hydrogen-bond donors (Lipinski definition) is 3. The van der Waals surface area contributed by atoms with Crippen molar-refractivity contribution in [2.24, 2.45) is 17.3 Å². The van der Waals surface area contributed by atoms with E-state index in [9.17, 15) is 30.6 Å². The highest BCUT2D eigenvalue weighted by atomic mass is 16.4. The number of nitriles is 2. The van der Waals surface area contributed by atoms with Crippen LogP contribution in [0.1, 0.15) is 44.2 Å². The second-order valence-electron chi connectivity index (χ2n) is 8.10. The van der Waals surface area contributed by atoms with E-state index in [1.807, 2.05) is 26.0 Å². The molecule has 0 fully saturated rings. The molecule has 3 N–H and O–H groups in total. The van der Waals surface area contributed by atoms with Crippen molar-refractivity contribution in [1.82, 2.24) is 0 Å². The monoisotopic (exact) mass is 418 g/mol. The minimum atomic E-state index is -1.11. The third kappa shape index (κ3) is 3.39. The number of benzene rings is 1. The number of allylic oxidation sites excluding steroid dienone is 4. The SMILES string of the molecule is CCC(CO)C1(C(CC)CO)C=C(C(=O)O)C2=C(C1)C(=C(C#N)C#N)c1ccccc12. The molecule has 2 unspecified atom stereocenters. The quantitative estimate of drug-likeness (QED) is 0.580. The molecule has 31 heavy (non-hydrogen) atoms. The van der Waals surface area contributed by atoms with Crippen LogP contribution >= 0.6 is 0 Å². The van der Waals surface area contributed by atoms with Gasteiger partial charge in [-0.3, -0.25) is 0 Å². The molecule has 0 radical (unpaired) electrons. The van der Waals surface area contributed by atoms with Crippen LogP contribution in [-0.2, 0) is 4.79 Å². The number of nitrogens with zero attached hydrogens (tertiary/aromatic N) is 2. The summed E-state index contributed by atoms with van der Waals surface area (Å²) < 4.78 is 0. The van der Waals surface area contributed by atoms with Crippen LogP contribution in [0.25, 0.3) is 11.1 Å². The van der Waals surface area contributed by atoms with Gasteiger partial charge >= 0.3 is 5.97 Å². The van der Waals surface area contributed by atoms with Gasteiger partial charge in [-0.2, -0.15) is 10.5 Å². The molecule has 1 aromatic rings. The topological polar surface area (TPSA) is 125 Å². The summed E-state index contributed by atoms with van der Waals surface area (Å²) in [5.74, 6) is -1.68. The van der Waals surface area contributed by atoms with Crippen molar-refractivity contribution in [3.05, 3.63) is 58.2 Å². The van der Waals surface area contributed by atoms with Gasteiger partial charge < -0.3 is 15.3 Å². The van der Waals surface area contributed by atoms with E-state index >= 15 is 0 Å². The van der Waals surface area contributed by atoms with Crippen LogP contribution < -0.4 is 0 Å². The summed E-state index contributed by atoms with van der Waals surface area (Å²) in [6, 6.07) is 11.1. The molecule has 0 heterocycles. The number of rotatable bonds is 7. The van der Waals surface area contributed by atoms with Gasteiger partial charge in [-0.15, -0.1) is 0 Å². The predicted molar refractivity (Wildman–Crippen MR) is 116 cm³/mol. The number of hydrogen-bond acceptors (Lipinski definition) is 5. The lowest BCUT2D eigenvalue weighted by molar-refractivity contribution is -0.132. The zero-order valence-electron chi connectivity index (χ0n) is 17.7. The second-order valence-corrected chi connectivity index (χ2v) is 8.10. The molecule has 2 aliphatic rings. The van der Waals surface area contributed by atoms with Crippen molar-refractivity contribution >= 4 is 17.1 Å². The Balaban J connectivity index is 2.41. The zero-order chi connectivity index (χ0) is 22.8. The average Bonchev–Trinajstić information content (AvgIpc) is 3.10. The highest BCUT2D eigenvalue weighted by Crippen LogP contribution is 2.58. The van der Waals surface area contributed by atoms with Crippen LogP contribution in [0.2, 0.25) is 0 Å². The van der Waals surface area contributed by atoms with Gasteiger partial charge in [-0.05, 0) is 35.0 Å². The first kappa shape index (κ1) is 22.5. The van der Waals surface area contributed by atoms with Gasteiger partial charge in [-0.25, -0.2) is 4.79 Å². The summed E-state index contributed by atoms with van der Waals surface area (Å²) in [5, 5.41) is 49.9.